The predicted molar refractivity (Wildman–Crippen MR) is 56.3 cm³/mol. The van der Waals surface area contributed by atoms with Gasteiger partial charge < -0.3 is 0 Å². The minimum absolute atomic E-state index is 0.0640. The van der Waals surface area contributed by atoms with Gasteiger partial charge in [0.1, 0.15) is 5.78 Å². The molecular formula is C10H8BrF3N2O. The zero-order valence-electron chi connectivity index (χ0n) is 8.59. The Balaban J connectivity index is 2.36. The molecule has 92 valence electrons. The second-order valence-corrected chi connectivity index (χ2v) is 4.76. The van der Waals surface area contributed by atoms with Gasteiger partial charge >= 0.3 is 6.18 Å². The summed E-state index contributed by atoms with van der Waals surface area (Å²) in [4.78, 5) is 17.9. The normalized spacial score (nSPS) is 20.9. The number of hydrogen-bond donors (Lipinski definition) is 0. The second kappa shape index (κ2) is 4.36. The van der Waals surface area contributed by atoms with E-state index in [4.69, 9.17) is 0 Å². The fraction of sp³-hybridized carbons (Fsp3) is 0.500. The maximum Gasteiger partial charge on any atom is 0.451 e. The summed E-state index contributed by atoms with van der Waals surface area (Å²) < 4.78 is 37.8. The third kappa shape index (κ3) is 2.65. The molecule has 1 aromatic heterocycles. The van der Waals surface area contributed by atoms with Gasteiger partial charge in [0.2, 0.25) is 5.82 Å². The van der Waals surface area contributed by atoms with Gasteiger partial charge in [0.05, 0.1) is 10.2 Å². The van der Waals surface area contributed by atoms with Crippen LogP contribution in [0, 0.1) is 0 Å². The topological polar surface area (TPSA) is 42.9 Å². The zero-order valence-corrected chi connectivity index (χ0v) is 10.2. The molecule has 1 unspecified atom stereocenters. The van der Waals surface area contributed by atoms with E-state index in [0.29, 0.717) is 17.3 Å². The Labute approximate surface area is 104 Å². The average molecular weight is 309 g/mol. The molecule has 17 heavy (non-hydrogen) atoms. The highest BCUT2D eigenvalue weighted by molar-refractivity contribution is 9.10. The van der Waals surface area contributed by atoms with E-state index in [1.54, 1.807) is 0 Å². The smallest absolute Gasteiger partial charge is 0.300 e. The van der Waals surface area contributed by atoms with Crippen LogP contribution in [0.25, 0.3) is 0 Å². The molecule has 7 heteroatoms. The fourth-order valence-corrected chi connectivity index (χ4v) is 2.37. The lowest BCUT2D eigenvalue weighted by atomic mass is 10.0. The van der Waals surface area contributed by atoms with Gasteiger partial charge in [-0.05, 0) is 22.4 Å². The molecule has 0 N–H and O–H groups in total. The molecule has 1 saturated carbocycles. The predicted octanol–water partition coefficient (Wildman–Crippen LogP) is 3.09. The van der Waals surface area contributed by atoms with Crippen LogP contribution in [0.2, 0.25) is 0 Å². The van der Waals surface area contributed by atoms with Crippen LogP contribution < -0.4 is 0 Å². The van der Waals surface area contributed by atoms with Crippen molar-refractivity contribution in [3.05, 3.63) is 22.2 Å². The number of rotatable bonds is 1. The largest absolute Gasteiger partial charge is 0.451 e. The molecular weight excluding hydrogens is 301 g/mol. The Bertz CT molecular complexity index is 461. The van der Waals surface area contributed by atoms with Gasteiger partial charge in [-0.25, -0.2) is 9.97 Å². The summed E-state index contributed by atoms with van der Waals surface area (Å²) >= 11 is 3.12. The van der Waals surface area contributed by atoms with Crippen LogP contribution in [-0.4, -0.2) is 15.8 Å². The molecule has 1 aromatic rings. The quantitative estimate of drug-likeness (QED) is 0.800. The first-order chi connectivity index (χ1) is 7.88. The van der Waals surface area contributed by atoms with Gasteiger partial charge in [0.25, 0.3) is 0 Å². The first-order valence-electron chi connectivity index (χ1n) is 4.99. The average Bonchev–Trinajstić information content (AvgIpc) is 2.63. The molecule has 0 saturated heterocycles. The van der Waals surface area contributed by atoms with Crippen molar-refractivity contribution in [2.24, 2.45) is 0 Å². The number of Topliss-reactive ketones (excluding diaryl/α,β-unsaturated/α-hetero) is 1. The Morgan fingerprint density at radius 3 is 2.65 bits per heavy atom. The lowest BCUT2D eigenvalue weighted by Crippen LogP contribution is -2.13. The molecule has 1 aliphatic rings. The van der Waals surface area contributed by atoms with Crippen LogP contribution in [-0.2, 0) is 11.0 Å². The first-order valence-corrected chi connectivity index (χ1v) is 5.78. The Morgan fingerprint density at radius 2 is 2.12 bits per heavy atom. The highest BCUT2D eigenvalue weighted by Crippen LogP contribution is 2.36. The van der Waals surface area contributed by atoms with E-state index in [-0.39, 0.29) is 23.8 Å². The molecule has 1 heterocycles. The van der Waals surface area contributed by atoms with E-state index >= 15 is 0 Å². The van der Waals surface area contributed by atoms with Gasteiger partial charge in [-0.2, -0.15) is 13.2 Å². The molecule has 0 aromatic carbocycles. The Hall–Kier alpha value is -0.980. The third-order valence-electron chi connectivity index (χ3n) is 2.66. The molecule has 0 amide bonds. The molecule has 0 bridgehead atoms. The van der Waals surface area contributed by atoms with Crippen LogP contribution in [0.4, 0.5) is 13.2 Å². The number of aromatic nitrogens is 2. The minimum Gasteiger partial charge on any atom is -0.300 e. The maximum absolute atomic E-state index is 12.5. The van der Waals surface area contributed by atoms with Crippen molar-refractivity contribution in [3.8, 4) is 0 Å². The number of carbonyl (C=O) groups excluding carboxylic acids is 1. The Morgan fingerprint density at radius 1 is 1.41 bits per heavy atom. The van der Waals surface area contributed by atoms with Crippen molar-refractivity contribution >= 4 is 21.7 Å². The molecule has 1 aliphatic carbocycles. The number of nitrogens with zero attached hydrogens (tertiary/aromatic N) is 2. The zero-order chi connectivity index (χ0) is 12.6. The van der Waals surface area contributed by atoms with E-state index in [2.05, 4.69) is 25.9 Å². The van der Waals surface area contributed by atoms with Gasteiger partial charge in [0.15, 0.2) is 0 Å². The van der Waals surface area contributed by atoms with Crippen molar-refractivity contribution in [3.63, 3.8) is 0 Å². The van der Waals surface area contributed by atoms with Gasteiger partial charge in [-0.3, -0.25) is 4.79 Å². The van der Waals surface area contributed by atoms with Gasteiger partial charge in [0, 0.05) is 25.0 Å². The van der Waals surface area contributed by atoms with Crippen LogP contribution in [0.3, 0.4) is 0 Å². The summed E-state index contributed by atoms with van der Waals surface area (Å²) in [7, 11) is 0. The lowest BCUT2D eigenvalue weighted by molar-refractivity contribution is -0.145. The second-order valence-electron chi connectivity index (χ2n) is 3.90. The fourth-order valence-electron chi connectivity index (χ4n) is 1.85. The molecule has 0 aliphatic heterocycles. The SMILES string of the molecule is O=C1CCC(c2nc(C(F)(F)F)ncc2Br)C1. The van der Waals surface area contributed by atoms with Crippen molar-refractivity contribution in [2.75, 3.05) is 0 Å². The number of carbonyl (C=O) groups is 1. The highest BCUT2D eigenvalue weighted by Gasteiger charge is 2.36. The first kappa shape index (κ1) is 12.5. The number of halogens is 4. The van der Waals surface area contributed by atoms with Crippen LogP contribution in [0.5, 0.6) is 0 Å². The van der Waals surface area contributed by atoms with Crippen molar-refractivity contribution in [1.82, 2.24) is 9.97 Å². The van der Waals surface area contributed by atoms with E-state index in [1.165, 1.54) is 0 Å². The summed E-state index contributed by atoms with van der Waals surface area (Å²) in [6, 6.07) is 0. The van der Waals surface area contributed by atoms with Crippen LogP contribution in [0.15, 0.2) is 10.7 Å². The van der Waals surface area contributed by atoms with E-state index < -0.39 is 12.0 Å². The molecule has 1 fully saturated rings. The standard InChI is InChI=1S/C10H8BrF3N2O/c11-7-4-15-9(10(12,13)14)16-8(7)5-1-2-6(17)3-5/h4-5H,1-3H2. The molecule has 2 rings (SSSR count). The van der Waals surface area contributed by atoms with E-state index in [1.807, 2.05) is 0 Å². The van der Waals surface area contributed by atoms with Crippen molar-refractivity contribution in [1.29, 1.82) is 0 Å². The lowest BCUT2D eigenvalue weighted by Gasteiger charge is -2.12. The summed E-state index contributed by atoms with van der Waals surface area (Å²) in [6.45, 7) is 0. The summed E-state index contributed by atoms with van der Waals surface area (Å²) in [5.74, 6) is -1.33. The van der Waals surface area contributed by atoms with Gasteiger partial charge in [-0.15, -0.1) is 0 Å². The summed E-state index contributed by atoms with van der Waals surface area (Å²) in [5, 5.41) is 0. The van der Waals surface area contributed by atoms with Crippen molar-refractivity contribution < 1.29 is 18.0 Å². The number of ketones is 1. The van der Waals surface area contributed by atoms with E-state index in [9.17, 15) is 18.0 Å². The highest BCUT2D eigenvalue weighted by atomic mass is 79.9. The summed E-state index contributed by atoms with van der Waals surface area (Å²) in [5.41, 5.74) is 0.276. The Kier molecular flexibility index (Phi) is 3.20. The molecule has 0 spiro atoms. The maximum atomic E-state index is 12.5. The van der Waals surface area contributed by atoms with E-state index in [0.717, 1.165) is 6.20 Å². The molecule has 3 nitrogen and oxygen atoms in total. The summed E-state index contributed by atoms with van der Waals surface area (Å²) in [6.07, 6.45) is -2.26. The van der Waals surface area contributed by atoms with Crippen molar-refractivity contribution in [2.45, 2.75) is 31.4 Å². The molecule has 1 atom stereocenters. The third-order valence-corrected chi connectivity index (χ3v) is 3.27. The van der Waals surface area contributed by atoms with Crippen LogP contribution >= 0.6 is 15.9 Å². The number of alkyl halides is 3. The minimum atomic E-state index is -4.56. The monoisotopic (exact) mass is 308 g/mol. The van der Waals surface area contributed by atoms with Crippen LogP contribution in [0.1, 0.15) is 36.7 Å². The number of hydrogen-bond acceptors (Lipinski definition) is 3. The van der Waals surface area contributed by atoms with Gasteiger partial charge in [-0.1, -0.05) is 0 Å². The molecule has 0 radical (unpaired) electrons.